The molecule has 3 heterocycles. The molecule has 0 fully saturated rings. The van der Waals surface area contributed by atoms with Gasteiger partial charge in [0.15, 0.2) is 11.4 Å². The van der Waals surface area contributed by atoms with Gasteiger partial charge in [0.2, 0.25) is 0 Å². The molecule has 7 heteroatoms. The molecule has 3 aromatic heterocycles. The van der Waals surface area contributed by atoms with Crippen LogP contribution in [0.3, 0.4) is 0 Å². The lowest BCUT2D eigenvalue weighted by atomic mass is 10.3. The predicted octanol–water partition coefficient (Wildman–Crippen LogP) is 2.06. The second-order valence-electron chi connectivity index (χ2n) is 5.14. The van der Waals surface area contributed by atoms with Crippen LogP contribution in [-0.4, -0.2) is 40.8 Å². The number of aromatic nitrogens is 3. The SMILES string of the molecule is COCCCNC(=O)c1cnn2c(-c3ccc(C)o3)ccnc12. The lowest BCUT2D eigenvalue weighted by Gasteiger charge is -2.04. The summed E-state index contributed by atoms with van der Waals surface area (Å²) in [5.74, 6) is 1.30. The number of fused-ring (bicyclic) bond motifs is 1. The fraction of sp³-hybridized carbons (Fsp3) is 0.312. The Bertz CT molecular complexity index is 822. The van der Waals surface area contributed by atoms with E-state index in [0.29, 0.717) is 30.1 Å². The highest BCUT2D eigenvalue weighted by molar-refractivity contribution is 5.99. The van der Waals surface area contributed by atoms with Crippen molar-refractivity contribution >= 4 is 11.6 Å². The third-order valence-electron chi connectivity index (χ3n) is 3.45. The van der Waals surface area contributed by atoms with E-state index in [-0.39, 0.29) is 5.91 Å². The summed E-state index contributed by atoms with van der Waals surface area (Å²) in [5.41, 5.74) is 1.69. The second-order valence-corrected chi connectivity index (χ2v) is 5.14. The number of carbonyl (C=O) groups excluding carboxylic acids is 1. The summed E-state index contributed by atoms with van der Waals surface area (Å²) >= 11 is 0. The molecule has 7 nitrogen and oxygen atoms in total. The monoisotopic (exact) mass is 314 g/mol. The number of hydrogen-bond donors (Lipinski definition) is 1. The molecule has 3 rings (SSSR count). The third kappa shape index (κ3) is 3.09. The molecule has 0 unspecified atom stereocenters. The smallest absolute Gasteiger partial charge is 0.256 e. The Labute approximate surface area is 133 Å². The lowest BCUT2D eigenvalue weighted by Crippen LogP contribution is -2.25. The molecule has 0 bridgehead atoms. The first kappa shape index (κ1) is 15.2. The minimum Gasteiger partial charge on any atom is -0.460 e. The fourth-order valence-corrected chi connectivity index (χ4v) is 2.32. The van der Waals surface area contributed by atoms with E-state index in [1.807, 2.05) is 19.1 Å². The number of nitrogens with zero attached hydrogens (tertiary/aromatic N) is 3. The number of aryl methyl sites for hydroxylation is 1. The van der Waals surface area contributed by atoms with Crippen LogP contribution in [0.4, 0.5) is 0 Å². The van der Waals surface area contributed by atoms with Gasteiger partial charge in [-0.1, -0.05) is 0 Å². The van der Waals surface area contributed by atoms with Gasteiger partial charge in [-0.05, 0) is 31.5 Å². The molecule has 0 aliphatic carbocycles. The van der Waals surface area contributed by atoms with Gasteiger partial charge in [0.1, 0.15) is 17.0 Å². The van der Waals surface area contributed by atoms with Crippen LogP contribution in [0.25, 0.3) is 17.1 Å². The van der Waals surface area contributed by atoms with E-state index in [0.717, 1.165) is 17.9 Å². The Morgan fingerprint density at radius 1 is 1.39 bits per heavy atom. The number of rotatable bonds is 6. The molecule has 23 heavy (non-hydrogen) atoms. The zero-order valence-electron chi connectivity index (χ0n) is 13.1. The molecular formula is C16H18N4O3. The van der Waals surface area contributed by atoms with Gasteiger partial charge in [-0.25, -0.2) is 9.50 Å². The average molecular weight is 314 g/mol. The number of hydrogen-bond acceptors (Lipinski definition) is 5. The van der Waals surface area contributed by atoms with Crippen molar-refractivity contribution in [3.63, 3.8) is 0 Å². The largest absolute Gasteiger partial charge is 0.460 e. The Morgan fingerprint density at radius 3 is 3.00 bits per heavy atom. The van der Waals surface area contributed by atoms with Crippen molar-refractivity contribution in [1.82, 2.24) is 19.9 Å². The predicted molar refractivity (Wildman–Crippen MR) is 84.3 cm³/mol. The number of nitrogens with one attached hydrogen (secondary N) is 1. The summed E-state index contributed by atoms with van der Waals surface area (Å²) in [7, 11) is 1.63. The first-order valence-electron chi connectivity index (χ1n) is 7.37. The quantitative estimate of drug-likeness (QED) is 0.704. The lowest BCUT2D eigenvalue weighted by molar-refractivity contribution is 0.0950. The maximum atomic E-state index is 12.3. The minimum atomic E-state index is -0.198. The summed E-state index contributed by atoms with van der Waals surface area (Å²) < 4.78 is 12.2. The highest BCUT2D eigenvalue weighted by atomic mass is 16.5. The molecule has 3 aromatic rings. The molecule has 0 aliphatic heterocycles. The van der Waals surface area contributed by atoms with Crippen molar-refractivity contribution in [2.24, 2.45) is 0 Å². The van der Waals surface area contributed by atoms with Crippen LogP contribution >= 0.6 is 0 Å². The summed E-state index contributed by atoms with van der Waals surface area (Å²) in [5, 5.41) is 7.12. The van der Waals surface area contributed by atoms with Crippen molar-refractivity contribution in [2.45, 2.75) is 13.3 Å². The van der Waals surface area contributed by atoms with E-state index in [1.165, 1.54) is 6.20 Å². The van der Waals surface area contributed by atoms with Crippen molar-refractivity contribution in [1.29, 1.82) is 0 Å². The normalized spacial score (nSPS) is 11.0. The Hall–Kier alpha value is -2.67. The van der Waals surface area contributed by atoms with Crippen molar-refractivity contribution in [2.75, 3.05) is 20.3 Å². The van der Waals surface area contributed by atoms with Gasteiger partial charge < -0.3 is 14.5 Å². The second kappa shape index (κ2) is 6.62. The average Bonchev–Trinajstić information content (AvgIpc) is 3.17. The van der Waals surface area contributed by atoms with E-state index in [9.17, 15) is 4.79 Å². The van der Waals surface area contributed by atoms with Crippen LogP contribution in [0.1, 0.15) is 22.5 Å². The van der Waals surface area contributed by atoms with E-state index < -0.39 is 0 Å². The standard InChI is InChI=1S/C16H18N4O3/c1-11-4-5-14(23-11)13-6-8-17-15-12(10-19-20(13)15)16(21)18-7-3-9-22-2/h4-6,8,10H,3,7,9H2,1-2H3,(H,18,21). The van der Waals surface area contributed by atoms with Crippen molar-refractivity contribution in [3.05, 3.63) is 41.9 Å². The first-order valence-corrected chi connectivity index (χ1v) is 7.37. The zero-order chi connectivity index (χ0) is 16.2. The van der Waals surface area contributed by atoms with Crippen LogP contribution in [0, 0.1) is 6.92 Å². The minimum absolute atomic E-state index is 0.198. The van der Waals surface area contributed by atoms with Gasteiger partial charge in [-0.3, -0.25) is 4.79 Å². The highest BCUT2D eigenvalue weighted by Gasteiger charge is 2.16. The van der Waals surface area contributed by atoms with E-state index in [2.05, 4.69) is 15.4 Å². The van der Waals surface area contributed by atoms with E-state index >= 15 is 0 Å². The molecule has 1 N–H and O–H groups in total. The van der Waals surface area contributed by atoms with Gasteiger partial charge in [0.05, 0.1) is 6.20 Å². The molecule has 1 amide bonds. The summed E-state index contributed by atoms with van der Waals surface area (Å²) in [6.07, 6.45) is 3.92. The topological polar surface area (TPSA) is 81.7 Å². The van der Waals surface area contributed by atoms with Gasteiger partial charge in [-0.15, -0.1) is 0 Å². The van der Waals surface area contributed by atoms with Crippen LogP contribution in [-0.2, 0) is 4.74 Å². The van der Waals surface area contributed by atoms with Gasteiger partial charge in [0.25, 0.3) is 5.91 Å². The molecule has 0 atom stereocenters. The number of methoxy groups -OCH3 is 1. The summed E-state index contributed by atoms with van der Waals surface area (Å²) in [6, 6.07) is 5.56. The van der Waals surface area contributed by atoms with Crippen LogP contribution in [0.5, 0.6) is 0 Å². The third-order valence-corrected chi connectivity index (χ3v) is 3.45. The number of ether oxygens (including phenoxy) is 1. The molecular weight excluding hydrogens is 296 g/mol. The maximum Gasteiger partial charge on any atom is 0.256 e. The highest BCUT2D eigenvalue weighted by Crippen LogP contribution is 2.22. The van der Waals surface area contributed by atoms with Gasteiger partial charge in [-0.2, -0.15) is 5.10 Å². The van der Waals surface area contributed by atoms with Crippen LogP contribution < -0.4 is 5.32 Å². The van der Waals surface area contributed by atoms with Crippen molar-refractivity contribution in [3.8, 4) is 11.5 Å². The van der Waals surface area contributed by atoms with Crippen molar-refractivity contribution < 1.29 is 13.9 Å². The Kier molecular flexibility index (Phi) is 4.38. The van der Waals surface area contributed by atoms with Gasteiger partial charge in [0, 0.05) is 26.5 Å². The summed E-state index contributed by atoms with van der Waals surface area (Å²) in [4.78, 5) is 16.5. The van der Waals surface area contributed by atoms with E-state index in [1.54, 1.807) is 23.9 Å². The number of furan rings is 1. The summed E-state index contributed by atoms with van der Waals surface area (Å²) in [6.45, 7) is 3.03. The number of carbonyl (C=O) groups is 1. The molecule has 120 valence electrons. The molecule has 0 aliphatic rings. The Morgan fingerprint density at radius 2 is 2.26 bits per heavy atom. The molecule has 0 saturated carbocycles. The van der Waals surface area contributed by atoms with Crippen LogP contribution in [0.2, 0.25) is 0 Å². The molecule has 0 saturated heterocycles. The van der Waals surface area contributed by atoms with E-state index in [4.69, 9.17) is 9.15 Å². The Balaban J connectivity index is 1.88. The molecule has 0 aromatic carbocycles. The van der Waals surface area contributed by atoms with Gasteiger partial charge >= 0.3 is 0 Å². The zero-order valence-corrected chi connectivity index (χ0v) is 13.1. The molecule has 0 spiro atoms. The fourth-order valence-electron chi connectivity index (χ4n) is 2.32. The maximum absolute atomic E-state index is 12.3. The first-order chi connectivity index (χ1) is 11.2. The number of amides is 1. The molecule has 0 radical (unpaired) electrons. The van der Waals surface area contributed by atoms with Crippen LogP contribution in [0.15, 0.2) is 35.0 Å².